The summed E-state index contributed by atoms with van der Waals surface area (Å²) in [6.07, 6.45) is 5.26. The smallest absolute Gasteiger partial charge is 0.270 e. The highest BCUT2D eigenvalue weighted by atomic mass is 16.2. The highest BCUT2D eigenvalue weighted by Gasteiger charge is 2.25. The molecule has 2 aromatic rings. The van der Waals surface area contributed by atoms with Crippen LogP contribution in [0.5, 0.6) is 0 Å². The number of aromatic amines is 1. The summed E-state index contributed by atoms with van der Waals surface area (Å²) in [5.41, 5.74) is 4.48. The molecule has 5 nitrogen and oxygen atoms in total. The third-order valence-corrected chi connectivity index (χ3v) is 4.98. The van der Waals surface area contributed by atoms with E-state index in [0.717, 1.165) is 48.2 Å². The molecule has 1 saturated heterocycles. The monoisotopic (exact) mass is 323 g/mol. The largest absolute Gasteiger partial charge is 0.357 e. The second-order valence-corrected chi connectivity index (χ2v) is 6.69. The third kappa shape index (κ3) is 2.50. The lowest BCUT2D eigenvalue weighted by molar-refractivity contribution is 0.0718. The van der Waals surface area contributed by atoms with Gasteiger partial charge in [0.05, 0.1) is 0 Å². The number of nitrogens with zero attached hydrogens (tertiary/aromatic N) is 2. The lowest BCUT2D eigenvalue weighted by atomic mass is 10.0. The molecule has 2 aliphatic rings. The summed E-state index contributed by atoms with van der Waals surface area (Å²) >= 11 is 0. The molecule has 0 spiro atoms. The Morgan fingerprint density at radius 2 is 1.88 bits per heavy atom. The van der Waals surface area contributed by atoms with Gasteiger partial charge in [-0.2, -0.15) is 0 Å². The number of rotatable bonds is 2. The van der Waals surface area contributed by atoms with E-state index in [1.54, 1.807) is 4.90 Å². The summed E-state index contributed by atoms with van der Waals surface area (Å²) in [6, 6.07) is 7.80. The Kier molecular flexibility index (Phi) is 3.63. The molecule has 2 aliphatic heterocycles. The second kappa shape index (κ2) is 5.82. The van der Waals surface area contributed by atoms with E-state index in [1.807, 2.05) is 36.3 Å². The zero-order valence-electron chi connectivity index (χ0n) is 13.8. The van der Waals surface area contributed by atoms with Crippen LogP contribution in [0.1, 0.15) is 45.7 Å². The van der Waals surface area contributed by atoms with Crippen molar-refractivity contribution in [3.8, 4) is 11.1 Å². The number of likely N-dealkylation sites (tertiary alicyclic amines) is 1. The first-order chi connectivity index (χ1) is 11.6. The van der Waals surface area contributed by atoms with Crippen LogP contribution >= 0.6 is 0 Å². The Bertz CT molecular complexity index is 803. The standard InChI is InChI=1S/C19H21N3O2/c1-21-12-15-9-13(5-6-16(15)18(21)23)14-10-17(20-11-14)19(24)22-7-3-2-4-8-22/h5-6,9-11,20H,2-4,7-8,12H2,1H3. The summed E-state index contributed by atoms with van der Waals surface area (Å²) in [5, 5.41) is 0. The summed E-state index contributed by atoms with van der Waals surface area (Å²) in [5.74, 6) is 0.156. The minimum absolute atomic E-state index is 0.0755. The van der Waals surface area contributed by atoms with Crippen LogP contribution in [0.3, 0.4) is 0 Å². The molecule has 0 radical (unpaired) electrons. The van der Waals surface area contributed by atoms with Gasteiger partial charge in [0, 0.05) is 38.4 Å². The van der Waals surface area contributed by atoms with Gasteiger partial charge in [-0.15, -0.1) is 0 Å². The summed E-state index contributed by atoms with van der Waals surface area (Å²) < 4.78 is 0. The molecule has 0 bridgehead atoms. The number of carbonyl (C=O) groups is 2. The van der Waals surface area contributed by atoms with Gasteiger partial charge in [0.15, 0.2) is 0 Å². The number of benzene rings is 1. The molecule has 0 atom stereocenters. The van der Waals surface area contributed by atoms with Crippen molar-refractivity contribution in [2.75, 3.05) is 20.1 Å². The molecule has 0 aliphatic carbocycles. The molecule has 124 valence electrons. The second-order valence-electron chi connectivity index (χ2n) is 6.69. The number of piperidine rings is 1. The fourth-order valence-corrected chi connectivity index (χ4v) is 3.60. The van der Waals surface area contributed by atoms with Crippen LogP contribution < -0.4 is 0 Å². The summed E-state index contributed by atoms with van der Waals surface area (Å²) in [4.78, 5) is 31.3. The fourth-order valence-electron chi connectivity index (χ4n) is 3.60. The highest BCUT2D eigenvalue weighted by molar-refractivity contribution is 5.99. The maximum absolute atomic E-state index is 12.6. The quantitative estimate of drug-likeness (QED) is 0.924. The predicted octanol–water partition coefficient (Wildman–Crippen LogP) is 2.89. The number of carbonyl (C=O) groups excluding carboxylic acids is 2. The SMILES string of the molecule is CN1Cc2cc(-c3c[nH]c(C(=O)N4CCCCC4)c3)ccc2C1=O. The van der Waals surface area contributed by atoms with Crippen molar-refractivity contribution in [3.63, 3.8) is 0 Å². The first kappa shape index (κ1) is 15.0. The van der Waals surface area contributed by atoms with E-state index in [0.29, 0.717) is 12.2 Å². The lowest BCUT2D eigenvalue weighted by Gasteiger charge is -2.26. The van der Waals surface area contributed by atoms with Crippen molar-refractivity contribution in [1.82, 2.24) is 14.8 Å². The molecule has 1 fully saturated rings. The maximum Gasteiger partial charge on any atom is 0.270 e. The lowest BCUT2D eigenvalue weighted by Crippen LogP contribution is -2.35. The van der Waals surface area contributed by atoms with E-state index in [4.69, 9.17) is 0 Å². The van der Waals surface area contributed by atoms with Gasteiger partial charge >= 0.3 is 0 Å². The number of hydrogen-bond acceptors (Lipinski definition) is 2. The zero-order valence-corrected chi connectivity index (χ0v) is 13.8. The molecule has 0 unspecified atom stereocenters. The van der Waals surface area contributed by atoms with Crippen molar-refractivity contribution in [1.29, 1.82) is 0 Å². The Labute approximate surface area is 141 Å². The first-order valence-electron chi connectivity index (χ1n) is 8.50. The van der Waals surface area contributed by atoms with Crippen LogP contribution in [0.25, 0.3) is 11.1 Å². The summed E-state index contributed by atoms with van der Waals surface area (Å²) in [6.45, 7) is 2.34. The molecule has 24 heavy (non-hydrogen) atoms. The number of H-pyrrole nitrogens is 1. The third-order valence-electron chi connectivity index (χ3n) is 4.98. The number of hydrogen-bond donors (Lipinski definition) is 1. The minimum Gasteiger partial charge on any atom is -0.357 e. The normalized spacial score (nSPS) is 17.3. The van der Waals surface area contributed by atoms with Crippen molar-refractivity contribution < 1.29 is 9.59 Å². The van der Waals surface area contributed by atoms with E-state index in [1.165, 1.54) is 6.42 Å². The molecule has 0 saturated carbocycles. The number of fused-ring (bicyclic) bond motifs is 1. The number of aromatic nitrogens is 1. The van der Waals surface area contributed by atoms with Gasteiger partial charge in [-0.3, -0.25) is 9.59 Å². The van der Waals surface area contributed by atoms with Crippen molar-refractivity contribution in [2.24, 2.45) is 0 Å². The molecule has 1 aromatic carbocycles. The average molecular weight is 323 g/mol. The van der Waals surface area contributed by atoms with Crippen molar-refractivity contribution >= 4 is 11.8 Å². The van der Waals surface area contributed by atoms with Crippen LogP contribution in [-0.2, 0) is 6.54 Å². The molecule has 4 rings (SSSR count). The van der Waals surface area contributed by atoms with Crippen LogP contribution in [0, 0.1) is 0 Å². The van der Waals surface area contributed by atoms with E-state index < -0.39 is 0 Å². The van der Waals surface area contributed by atoms with Gasteiger partial charge < -0.3 is 14.8 Å². The molecular formula is C19H21N3O2. The van der Waals surface area contributed by atoms with Gasteiger partial charge in [0.1, 0.15) is 5.69 Å². The zero-order chi connectivity index (χ0) is 16.7. The first-order valence-corrected chi connectivity index (χ1v) is 8.50. The van der Waals surface area contributed by atoms with Gasteiger partial charge in [-0.05, 0) is 54.2 Å². The topological polar surface area (TPSA) is 56.4 Å². The van der Waals surface area contributed by atoms with Gasteiger partial charge in [0.2, 0.25) is 0 Å². The Hall–Kier alpha value is -2.56. The van der Waals surface area contributed by atoms with E-state index in [-0.39, 0.29) is 11.8 Å². The van der Waals surface area contributed by atoms with E-state index >= 15 is 0 Å². The minimum atomic E-state index is 0.0755. The van der Waals surface area contributed by atoms with Gasteiger partial charge in [0.25, 0.3) is 11.8 Å². The van der Waals surface area contributed by atoms with Crippen LogP contribution in [0.15, 0.2) is 30.5 Å². The maximum atomic E-state index is 12.6. The molecule has 5 heteroatoms. The van der Waals surface area contributed by atoms with Crippen LogP contribution in [0.2, 0.25) is 0 Å². The highest BCUT2D eigenvalue weighted by Crippen LogP contribution is 2.28. The predicted molar refractivity (Wildman–Crippen MR) is 91.8 cm³/mol. The number of nitrogens with one attached hydrogen (secondary N) is 1. The van der Waals surface area contributed by atoms with Crippen molar-refractivity contribution in [3.05, 3.63) is 47.3 Å². The number of amides is 2. The Morgan fingerprint density at radius 3 is 2.67 bits per heavy atom. The molecule has 1 aromatic heterocycles. The summed E-state index contributed by atoms with van der Waals surface area (Å²) in [7, 11) is 1.81. The average Bonchev–Trinajstić information content (AvgIpc) is 3.20. The van der Waals surface area contributed by atoms with Crippen molar-refractivity contribution in [2.45, 2.75) is 25.8 Å². The molecular weight excluding hydrogens is 302 g/mol. The molecule has 1 N–H and O–H groups in total. The molecule has 2 amide bonds. The Balaban J connectivity index is 1.58. The van der Waals surface area contributed by atoms with Gasteiger partial charge in [-0.1, -0.05) is 6.07 Å². The van der Waals surface area contributed by atoms with E-state index in [2.05, 4.69) is 11.1 Å². The molecule has 3 heterocycles. The fraction of sp³-hybridized carbons (Fsp3) is 0.368. The Morgan fingerprint density at radius 1 is 1.08 bits per heavy atom. The van der Waals surface area contributed by atoms with Crippen LogP contribution in [-0.4, -0.2) is 46.7 Å². The van der Waals surface area contributed by atoms with Crippen LogP contribution in [0.4, 0.5) is 0 Å². The van der Waals surface area contributed by atoms with E-state index in [9.17, 15) is 9.59 Å². The van der Waals surface area contributed by atoms with Gasteiger partial charge in [-0.25, -0.2) is 0 Å².